The fourth-order valence-electron chi connectivity index (χ4n) is 2.27. The summed E-state index contributed by atoms with van der Waals surface area (Å²) in [4.78, 5) is 27.4. The van der Waals surface area contributed by atoms with Gasteiger partial charge in [0.05, 0.1) is 11.8 Å². The van der Waals surface area contributed by atoms with Crippen molar-refractivity contribution in [3.8, 4) is 5.88 Å². The summed E-state index contributed by atoms with van der Waals surface area (Å²) in [6, 6.07) is 5.25. The Morgan fingerprint density at radius 2 is 1.72 bits per heavy atom. The molecule has 0 aliphatic heterocycles. The summed E-state index contributed by atoms with van der Waals surface area (Å²) in [7, 11) is 0. The summed E-state index contributed by atoms with van der Waals surface area (Å²) >= 11 is 0. The second-order valence-electron chi connectivity index (χ2n) is 6.07. The van der Waals surface area contributed by atoms with E-state index < -0.39 is 36.3 Å². The largest absolute Gasteiger partial charge is 0.466 e. The van der Waals surface area contributed by atoms with Gasteiger partial charge in [-0.25, -0.2) is 15.0 Å². The molecule has 0 radical (unpaired) electrons. The second-order valence-corrected chi connectivity index (χ2v) is 6.07. The van der Waals surface area contributed by atoms with Crippen molar-refractivity contribution in [3.05, 3.63) is 60.3 Å². The molecule has 1 amide bonds. The molecule has 0 spiro atoms. The molecule has 0 saturated carbocycles. The third-order valence-corrected chi connectivity index (χ3v) is 3.65. The summed E-state index contributed by atoms with van der Waals surface area (Å²) in [5.74, 6) is -1.44. The number of anilines is 3. The van der Waals surface area contributed by atoms with Crippen LogP contribution in [0.25, 0.3) is 0 Å². The summed E-state index contributed by atoms with van der Waals surface area (Å²) in [6.45, 7) is -1.62. The van der Waals surface area contributed by atoms with Gasteiger partial charge in [0.1, 0.15) is 17.7 Å². The van der Waals surface area contributed by atoms with E-state index in [9.17, 15) is 31.1 Å². The molecule has 3 rings (SSSR count). The zero-order valence-electron chi connectivity index (χ0n) is 15.7. The van der Waals surface area contributed by atoms with Crippen LogP contribution in [0.2, 0.25) is 0 Å². The van der Waals surface area contributed by atoms with Crippen LogP contribution < -0.4 is 15.4 Å². The quantitative estimate of drug-likeness (QED) is 0.534. The fourth-order valence-corrected chi connectivity index (χ4v) is 2.27. The van der Waals surface area contributed by atoms with Gasteiger partial charge in [0.2, 0.25) is 11.8 Å². The van der Waals surface area contributed by atoms with E-state index in [0.717, 1.165) is 36.8 Å². The lowest BCUT2D eigenvalue weighted by atomic mass is 10.2. The van der Waals surface area contributed by atoms with Crippen molar-refractivity contribution in [3.63, 3.8) is 0 Å². The molecule has 0 bridgehead atoms. The predicted octanol–water partition coefficient (Wildman–Crippen LogP) is 4.22. The number of hydrogen-bond donors (Lipinski definition) is 2. The number of carbonyl (C=O) groups is 1. The Labute approximate surface area is 175 Å². The molecule has 32 heavy (non-hydrogen) atoms. The summed E-state index contributed by atoms with van der Waals surface area (Å²) in [6.07, 6.45) is -5.91. The Bertz CT molecular complexity index is 1090. The number of rotatable bonds is 6. The predicted molar refractivity (Wildman–Crippen MR) is 98.3 cm³/mol. The first-order chi connectivity index (χ1) is 15.0. The molecule has 0 fully saturated rings. The van der Waals surface area contributed by atoms with Crippen molar-refractivity contribution in [1.29, 1.82) is 0 Å². The van der Waals surface area contributed by atoms with Crippen LogP contribution in [0.1, 0.15) is 16.1 Å². The van der Waals surface area contributed by atoms with Gasteiger partial charge in [-0.2, -0.15) is 31.3 Å². The number of benzene rings is 1. The molecule has 8 nitrogen and oxygen atoms in total. The molecular formula is C18H12F6N6O2. The minimum Gasteiger partial charge on any atom is -0.466 e. The number of nitrogens with one attached hydrogen (secondary N) is 2. The highest BCUT2D eigenvalue weighted by molar-refractivity contribution is 6.03. The first kappa shape index (κ1) is 22.7. The van der Waals surface area contributed by atoms with Gasteiger partial charge in [0.25, 0.3) is 5.91 Å². The molecular weight excluding hydrogens is 446 g/mol. The zero-order chi connectivity index (χ0) is 23.4. The van der Waals surface area contributed by atoms with E-state index in [2.05, 4.69) is 35.3 Å². The van der Waals surface area contributed by atoms with Gasteiger partial charge in [0.15, 0.2) is 6.61 Å². The Kier molecular flexibility index (Phi) is 6.41. The maximum atomic E-state index is 12.6. The first-order valence-corrected chi connectivity index (χ1v) is 8.59. The van der Waals surface area contributed by atoms with Crippen LogP contribution in [0, 0.1) is 0 Å². The van der Waals surface area contributed by atoms with Crippen molar-refractivity contribution in [2.24, 2.45) is 0 Å². The highest BCUT2D eigenvalue weighted by Crippen LogP contribution is 2.30. The number of halogens is 6. The van der Waals surface area contributed by atoms with Gasteiger partial charge < -0.3 is 15.4 Å². The number of hydrogen-bond acceptors (Lipinski definition) is 7. The molecule has 0 aliphatic carbocycles. The van der Waals surface area contributed by atoms with Gasteiger partial charge in [-0.3, -0.25) is 4.79 Å². The maximum absolute atomic E-state index is 12.6. The number of carbonyl (C=O) groups excluding carboxylic acids is 1. The minimum atomic E-state index is -4.61. The van der Waals surface area contributed by atoms with Crippen LogP contribution in [0.3, 0.4) is 0 Å². The van der Waals surface area contributed by atoms with Crippen molar-refractivity contribution in [2.45, 2.75) is 12.4 Å². The Morgan fingerprint density at radius 3 is 2.38 bits per heavy atom. The Hall–Kier alpha value is -3.97. The Morgan fingerprint density at radius 1 is 1.00 bits per heavy atom. The van der Waals surface area contributed by atoms with Crippen LogP contribution in [0.5, 0.6) is 5.88 Å². The standard InChI is InChI=1S/C18H12F6N6O2/c19-17(20,21)8-32-15-13(7-25-9-27-15)29-14(31)12-5-6-26-16(30-12)28-11-3-1-10(2-4-11)18(22,23)24/h1-7,9H,8H2,(H,29,31)(H,26,28,30). The minimum absolute atomic E-state index is 0.102. The number of amides is 1. The van der Waals surface area contributed by atoms with Crippen molar-refractivity contribution in [2.75, 3.05) is 17.2 Å². The maximum Gasteiger partial charge on any atom is 0.422 e. The number of aromatic nitrogens is 4. The number of nitrogens with zero attached hydrogens (tertiary/aromatic N) is 4. The zero-order valence-corrected chi connectivity index (χ0v) is 15.7. The van der Waals surface area contributed by atoms with E-state index in [1.165, 1.54) is 12.3 Å². The number of alkyl halides is 6. The first-order valence-electron chi connectivity index (χ1n) is 8.59. The van der Waals surface area contributed by atoms with Crippen molar-refractivity contribution < 1.29 is 35.9 Å². The van der Waals surface area contributed by atoms with Crippen LogP contribution in [-0.4, -0.2) is 38.6 Å². The fraction of sp³-hybridized carbons (Fsp3) is 0.167. The average molecular weight is 458 g/mol. The summed E-state index contributed by atoms with van der Waals surface area (Å²) < 4.78 is 79.6. The molecule has 2 N–H and O–H groups in total. The van der Waals surface area contributed by atoms with E-state index in [-0.39, 0.29) is 23.0 Å². The molecule has 168 valence electrons. The molecule has 3 aromatic rings. The van der Waals surface area contributed by atoms with Crippen LogP contribution in [-0.2, 0) is 6.18 Å². The van der Waals surface area contributed by atoms with Gasteiger partial charge in [-0.05, 0) is 30.3 Å². The third-order valence-electron chi connectivity index (χ3n) is 3.65. The molecule has 0 aliphatic rings. The smallest absolute Gasteiger partial charge is 0.422 e. The van der Waals surface area contributed by atoms with Crippen LogP contribution >= 0.6 is 0 Å². The summed E-state index contributed by atoms with van der Waals surface area (Å²) in [5, 5.41) is 4.92. The van der Waals surface area contributed by atoms with E-state index in [1.807, 2.05) is 0 Å². The lowest BCUT2D eigenvalue weighted by Crippen LogP contribution is -2.21. The van der Waals surface area contributed by atoms with Gasteiger partial charge in [0, 0.05) is 11.9 Å². The van der Waals surface area contributed by atoms with Crippen molar-refractivity contribution >= 4 is 23.2 Å². The van der Waals surface area contributed by atoms with Gasteiger partial charge >= 0.3 is 12.4 Å². The molecule has 0 saturated heterocycles. The normalized spacial score (nSPS) is 11.7. The average Bonchev–Trinajstić information content (AvgIpc) is 2.72. The SMILES string of the molecule is O=C(Nc1cncnc1OCC(F)(F)F)c1ccnc(Nc2ccc(C(F)(F)F)cc2)n1. The third kappa shape index (κ3) is 6.26. The molecule has 0 atom stereocenters. The monoisotopic (exact) mass is 458 g/mol. The molecule has 2 aromatic heterocycles. The van der Waals surface area contributed by atoms with Crippen LogP contribution in [0.15, 0.2) is 49.1 Å². The highest BCUT2D eigenvalue weighted by Gasteiger charge is 2.30. The van der Waals surface area contributed by atoms with E-state index in [4.69, 9.17) is 0 Å². The van der Waals surface area contributed by atoms with Gasteiger partial charge in [-0.1, -0.05) is 0 Å². The summed E-state index contributed by atoms with van der Waals surface area (Å²) in [5.41, 5.74) is -1.03. The van der Waals surface area contributed by atoms with Crippen LogP contribution in [0.4, 0.5) is 43.7 Å². The van der Waals surface area contributed by atoms with Crippen molar-refractivity contribution in [1.82, 2.24) is 19.9 Å². The number of ether oxygens (including phenoxy) is 1. The molecule has 2 heterocycles. The second kappa shape index (κ2) is 9.03. The highest BCUT2D eigenvalue weighted by atomic mass is 19.4. The topological polar surface area (TPSA) is 102 Å². The van der Waals surface area contributed by atoms with E-state index in [1.54, 1.807) is 0 Å². The molecule has 0 unspecified atom stereocenters. The lowest BCUT2D eigenvalue weighted by molar-refractivity contribution is -0.154. The van der Waals surface area contributed by atoms with E-state index in [0.29, 0.717) is 0 Å². The van der Waals surface area contributed by atoms with Gasteiger partial charge in [-0.15, -0.1) is 0 Å². The van der Waals surface area contributed by atoms with E-state index >= 15 is 0 Å². The molecule has 14 heteroatoms. The Balaban J connectivity index is 1.71. The molecule has 1 aromatic carbocycles. The lowest BCUT2D eigenvalue weighted by Gasteiger charge is -2.12.